The van der Waals surface area contributed by atoms with E-state index in [2.05, 4.69) is 0 Å². The second-order valence-corrected chi connectivity index (χ2v) is 0. The van der Waals surface area contributed by atoms with E-state index in [1.807, 2.05) is 0 Å². The maximum absolute atomic E-state index is 0. The van der Waals surface area contributed by atoms with Gasteiger partial charge in [0.15, 0.2) is 0 Å². The molecular weight excluding hydrogens is 175 g/mol. The van der Waals surface area contributed by atoms with Crippen molar-refractivity contribution < 1.29 is 27.4 Å². The Morgan fingerprint density at radius 2 is 0.333 bits per heavy atom. The van der Waals surface area contributed by atoms with Crippen LogP contribution in [0.4, 0.5) is 0 Å². The molecule has 0 aromatic heterocycles. The summed E-state index contributed by atoms with van der Waals surface area (Å²) < 4.78 is 0. The Morgan fingerprint density at radius 1 is 0.333 bits per heavy atom. The van der Waals surface area contributed by atoms with Crippen LogP contribution in [0.1, 0.15) is 0 Å². The number of rotatable bonds is 0. The van der Waals surface area contributed by atoms with Crippen molar-refractivity contribution in [3.63, 3.8) is 0 Å². The van der Waals surface area contributed by atoms with Crippen molar-refractivity contribution in [1.29, 1.82) is 0 Å². The second kappa shape index (κ2) is 14000. The monoisotopic (exact) mass is 194 g/mol. The van der Waals surface area contributed by atoms with E-state index < -0.39 is 0 Å². The third-order valence-corrected chi connectivity index (χ3v) is 0. The molecule has 0 atom stereocenters. The van der Waals surface area contributed by atoms with Crippen LogP contribution in [-0.4, -0.2) is 11.0 Å². The summed E-state index contributed by atoms with van der Waals surface area (Å²) >= 11 is 0. The number of hydrogen-bond donors (Lipinski definition) is 6. The molecular formula is H20N6NiO2. The molecule has 9 heavy (non-hydrogen) atoms. The molecule has 0 aliphatic carbocycles. The van der Waals surface area contributed by atoms with Gasteiger partial charge in [0.05, 0.1) is 0 Å². The van der Waals surface area contributed by atoms with Crippen molar-refractivity contribution >= 4 is 0 Å². The largest absolute Gasteiger partial charge is 2.00 e. The average Bonchev–Trinajstić information content (AvgIpc) is 0. The standard InChI is InChI=1S/6H3N.Ni.2H2O/h6*1H3;;2*1H2/q;;;;;;+2;;/p-2. The predicted octanol–water partition coefficient (Wildman–Crippen LogP) is 0.616. The molecule has 0 fully saturated rings. The van der Waals surface area contributed by atoms with Crippen LogP contribution in [-0.2, 0) is 16.5 Å². The van der Waals surface area contributed by atoms with Crippen molar-refractivity contribution in [3.8, 4) is 0 Å². The summed E-state index contributed by atoms with van der Waals surface area (Å²) in [5.41, 5.74) is 0. The molecule has 0 heterocycles. The summed E-state index contributed by atoms with van der Waals surface area (Å²) in [7, 11) is 0. The van der Waals surface area contributed by atoms with Crippen LogP contribution in [0.25, 0.3) is 0 Å². The van der Waals surface area contributed by atoms with Crippen molar-refractivity contribution in [2.45, 2.75) is 0 Å². The van der Waals surface area contributed by atoms with Gasteiger partial charge in [-0.05, 0) is 0 Å². The molecule has 0 aromatic rings. The zero-order valence-electron chi connectivity index (χ0n) is 5.45. The predicted molar refractivity (Wildman–Crippen MR) is 34.0 cm³/mol. The van der Waals surface area contributed by atoms with Gasteiger partial charge in [-0.25, -0.2) is 0 Å². The van der Waals surface area contributed by atoms with Gasteiger partial charge in [0, 0.05) is 0 Å². The van der Waals surface area contributed by atoms with E-state index in [0.29, 0.717) is 0 Å². The van der Waals surface area contributed by atoms with Crippen LogP contribution in [0.15, 0.2) is 0 Å². The molecule has 0 saturated carbocycles. The molecule has 9 heteroatoms. The van der Waals surface area contributed by atoms with Gasteiger partial charge in [-0.2, -0.15) is 0 Å². The fourth-order valence-corrected chi connectivity index (χ4v) is 0. The Labute approximate surface area is 65.2 Å². The summed E-state index contributed by atoms with van der Waals surface area (Å²) in [4.78, 5) is 0. The first kappa shape index (κ1) is 20400. The molecule has 0 rings (SSSR count). The van der Waals surface area contributed by atoms with E-state index in [4.69, 9.17) is 0 Å². The minimum Gasteiger partial charge on any atom is -0.870 e. The van der Waals surface area contributed by atoms with Crippen molar-refractivity contribution in [1.82, 2.24) is 36.9 Å². The normalized spacial score (nSPS) is 0. The average molecular weight is 195 g/mol. The van der Waals surface area contributed by atoms with Crippen molar-refractivity contribution in [2.24, 2.45) is 0 Å². The topological polar surface area (TPSA) is 270 Å². The minimum absolute atomic E-state index is 0. The molecule has 0 saturated heterocycles. The van der Waals surface area contributed by atoms with E-state index in [1.165, 1.54) is 0 Å². The molecule has 0 aliphatic heterocycles. The molecule has 0 spiro atoms. The van der Waals surface area contributed by atoms with Crippen LogP contribution in [0.3, 0.4) is 0 Å². The first-order valence-electron chi connectivity index (χ1n) is 0. The summed E-state index contributed by atoms with van der Waals surface area (Å²) in [6, 6.07) is 0. The van der Waals surface area contributed by atoms with Gasteiger partial charge in [0.25, 0.3) is 0 Å². The Hall–Kier alpha value is 0.174. The van der Waals surface area contributed by atoms with Crippen LogP contribution in [0, 0.1) is 0 Å². The molecule has 8 nitrogen and oxygen atoms in total. The van der Waals surface area contributed by atoms with E-state index in [0.717, 1.165) is 0 Å². The summed E-state index contributed by atoms with van der Waals surface area (Å²) in [6.07, 6.45) is 0. The first-order valence-corrected chi connectivity index (χ1v) is 0. The van der Waals surface area contributed by atoms with Crippen LogP contribution < -0.4 is 36.9 Å². The maximum atomic E-state index is 0. The second-order valence-electron chi connectivity index (χ2n) is 0. The molecule has 72 valence electrons. The summed E-state index contributed by atoms with van der Waals surface area (Å²) in [6.45, 7) is 0. The molecule has 20 N–H and O–H groups in total. The Morgan fingerprint density at radius 3 is 0.333 bits per heavy atom. The molecule has 0 bridgehead atoms. The van der Waals surface area contributed by atoms with Gasteiger partial charge in [-0.15, -0.1) is 0 Å². The third kappa shape index (κ3) is 10300. The molecule has 0 aliphatic rings. The quantitative estimate of drug-likeness (QED) is 0.296. The van der Waals surface area contributed by atoms with Crippen molar-refractivity contribution in [2.75, 3.05) is 0 Å². The molecule has 0 aromatic carbocycles. The zero-order valence-corrected chi connectivity index (χ0v) is 6.44. The first-order chi connectivity index (χ1) is 0. The molecule has 0 unspecified atom stereocenters. The van der Waals surface area contributed by atoms with Gasteiger partial charge >= 0.3 is 16.5 Å². The summed E-state index contributed by atoms with van der Waals surface area (Å²) in [5, 5.41) is 0. The Balaban J connectivity index is 0. The van der Waals surface area contributed by atoms with E-state index >= 15 is 0 Å². The smallest absolute Gasteiger partial charge is 0.870 e. The van der Waals surface area contributed by atoms with Gasteiger partial charge in [0.2, 0.25) is 0 Å². The SMILES string of the molecule is N.N.N.N.N.N.[Ni+2].[OH-].[OH-]. The van der Waals surface area contributed by atoms with E-state index in [-0.39, 0.29) is 64.3 Å². The van der Waals surface area contributed by atoms with Gasteiger partial charge in [-0.3, -0.25) is 0 Å². The zero-order chi connectivity index (χ0) is 0. The van der Waals surface area contributed by atoms with Crippen LogP contribution >= 0.6 is 0 Å². The van der Waals surface area contributed by atoms with Crippen LogP contribution in [0.5, 0.6) is 0 Å². The van der Waals surface area contributed by atoms with Crippen LogP contribution in [0.2, 0.25) is 0 Å². The maximum Gasteiger partial charge on any atom is 2.00 e. The molecule has 0 amide bonds. The van der Waals surface area contributed by atoms with Gasteiger partial charge in [-0.1, -0.05) is 0 Å². The Bertz CT molecular complexity index is 11.0. The fourth-order valence-electron chi connectivity index (χ4n) is 0. The Kier molecular flexibility index (Phi) is 31600000. The van der Waals surface area contributed by atoms with E-state index in [9.17, 15) is 0 Å². The third-order valence-electron chi connectivity index (χ3n) is 0. The number of hydrogen-bond acceptors (Lipinski definition) is 8. The van der Waals surface area contributed by atoms with E-state index in [1.54, 1.807) is 0 Å². The van der Waals surface area contributed by atoms with Gasteiger partial charge in [0.1, 0.15) is 0 Å². The summed E-state index contributed by atoms with van der Waals surface area (Å²) in [5.74, 6) is 0. The minimum atomic E-state index is 0. The van der Waals surface area contributed by atoms with Gasteiger partial charge < -0.3 is 47.9 Å². The molecule has 0 radical (unpaired) electrons. The van der Waals surface area contributed by atoms with Crippen molar-refractivity contribution in [3.05, 3.63) is 0 Å². The fraction of sp³-hybridized carbons (Fsp3) is 0.